The van der Waals surface area contributed by atoms with Crippen molar-refractivity contribution in [2.75, 3.05) is 5.43 Å². The van der Waals surface area contributed by atoms with Gasteiger partial charge in [-0.2, -0.15) is 0 Å². The van der Waals surface area contributed by atoms with Gasteiger partial charge in [-0.15, -0.1) is 11.3 Å². The molecule has 0 bridgehead atoms. The Balaban J connectivity index is 2.10. The van der Waals surface area contributed by atoms with Crippen molar-refractivity contribution in [1.82, 2.24) is 9.97 Å². The summed E-state index contributed by atoms with van der Waals surface area (Å²) in [6.45, 7) is 0. The maximum Gasteiger partial charge on any atom is 0.172 e. The zero-order valence-corrected chi connectivity index (χ0v) is 14.7. The summed E-state index contributed by atoms with van der Waals surface area (Å²) in [5, 5.41) is 0. The van der Waals surface area contributed by atoms with Crippen molar-refractivity contribution in [2.45, 2.75) is 32.1 Å². The highest BCUT2D eigenvalue weighted by Gasteiger charge is 2.18. The molecule has 2 aromatic heterocycles. The molecule has 3 rings (SSSR count). The third-order valence-corrected chi connectivity index (χ3v) is 6.69. The van der Waals surface area contributed by atoms with Gasteiger partial charge in [0.15, 0.2) is 5.82 Å². The summed E-state index contributed by atoms with van der Waals surface area (Å²) in [4.78, 5) is 10.4. The Kier molecular flexibility index (Phi) is 4.40. The SMILES string of the molecule is NNc1nc(-c2cc(Br)c(Br)s2)nc2c1CCCCC2. The first-order valence-corrected chi connectivity index (χ1v) is 8.91. The van der Waals surface area contributed by atoms with Crippen molar-refractivity contribution in [2.24, 2.45) is 5.84 Å². The highest BCUT2D eigenvalue weighted by Crippen LogP contribution is 2.38. The van der Waals surface area contributed by atoms with Crippen LogP contribution >= 0.6 is 43.2 Å². The van der Waals surface area contributed by atoms with Crippen LogP contribution in [0.15, 0.2) is 14.3 Å². The molecule has 2 heterocycles. The lowest BCUT2D eigenvalue weighted by atomic mass is 10.1. The van der Waals surface area contributed by atoms with Gasteiger partial charge in [0.2, 0.25) is 0 Å². The van der Waals surface area contributed by atoms with Gasteiger partial charge in [-0.1, -0.05) is 6.42 Å². The first-order valence-electron chi connectivity index (χ1n) is 6.50. The predicted octanol–water partition coefficient (Wildman–Crippen LogP) is 4.28. The topological polar surface area (TPSA) is 63.8 Å². The molecular weight excluding hydrogens is 404 g/mol. The van der Waals surface area contributed by atoms with E-state index in [1.807, 2.05) is 6.07 Å². The molecule has 1 aliphatic carbocycles. The first kappa shape index (κ1) is 14.4. The van der Waals surface area contributed by atoms with E-state index in [2.05, 4.69) is 42.3 Å². The minimum atomic E-state index is 0.745. The van der Waals surface area contributed by atoms with Crippen molar-refractivity contribution in [3.63, 3.8) is 0 Å². The second-order valence-corrected chi connectivity index (χ2v) is 7.98. The smallest absolute Gasteiger partial charge is 0.172 e. The van der Waals surface area contributed by atoms with Crippen LogP contribution in [0, 0.1) is 0 Å². The molecule has 1 aliphatic rings. The maximum absolute atomic E-state index is 5.65. The van der Waals surface area contributed by atoms with E-state index in [0.29, 0.717) is 0 Å². The van der Waals surface area contributed by atoms with Gasteiger partial charge in [-0.25, -0.2) is 15.8 Å². The number of nitrogens with one attached hydrogen (secondary N) is 1. The molecule has 20 heavy (non-hydrogen) atoms. The Bertz CT molecular complexity index is 622. The van der Waals surface area contributed by atoms with Gasteiger partial charge in [-0.05, 0) is 63.6 Å². The van der Waals surface area contributed by atoms with Gasteiger partial charge in [0.1, 0.15) is 5.82 Å². The fraction of sp³-hybridized carbons (Fsp3) is 0.385. The maximum atomic E-state index is 5.65. The van der Waals surface area contributed by atoms with Crippen LogP contribution in [0.25, 0.3) is 10.7 Å². The Morgan fingerprint density at radius 1 is 1.15 bits per heavy atom. The number of rotatable bonds is 2. The standard InChI is InChI=1S/C13H14Br2N4S/c14-8-6-10(20-11(8)15)13-17-9-5-3-1-2-4-7(9)12(18-13)19-16/h6H,1-5,16H2,(H,17,18,19). The average molecular weight is 418 g/mol. The number of aromatic nitrogens is 2. The van der Waals surface area contributed by atoms with Crippen LogP contribution in [0.2, 0.25) is 0 Å². The highest BCUT2D eigenvalue weighted by atomic mass is 79.9. The molecule has 0 saturated heterocycles. The number of nitrogens with two attached hydrogens (primary N) is 1. The van der Waals surface area contributed by atoms with Gasteiger partial charge in [0, 0.05) is 15.7 Å². The van der Waals surface area contributed by atoms with E-state index in [-0.39, 0.29) is 0 Å². The molecule has 4 nitrogen and oxygen atoms in total. The van der Waals surface area contributed by atoms with Gasteiger partial charge >= 0.3 is 0 Å². The quantitative estimate of drug-likeness (QED) is 0.434. The number of anilines is 1. The van der Waals surface area contributed by atoms with E-state index >= 15 is 0 Å². The Labute approximate surface area is 138 Å². The molecule has 106 valence electrons. The molecule has 0 radical (unpaired) electrons. The number of hydrogen-bond acceptors (Lipinski definition) is 5. The van der Waals surface area contributed by atoms with Gasteiger partial charge < -0.3 is 5.43 Å². The lowest BCUT2D eigenvalue weighted by molar-refractivity contribution is 0.709. The summed E-state index contributed by atoms with van der Waals surface area (Å²) < 4.78 is 2.08. The summed E-state index contributed by atoms with van der Waals surface area (Å²) in [5.41, 5.74) is 5.07. The fourth-order valence-electron chi connectivity index (χ4n) is 2.46. The largest absolute Gasteiger partial charge is 0.308 e. The number of thiophene rings is 1. The summed E-state index contributed by atoms with van der Waals surface area (Å²) in [6, 6.07) is 2.04. The normalized spacial score (nSPS) is 14.8. The summed E-state index contributed by atoms with van der Waals surface area (Å²) in [5.74, 6) is 7.17. The first-order chi connectivity index (χ1) is 9.69. The molecular formula is C13H14Br2N4S. The number of hydrogen-bond donors (Lipinski definition) is 2. The molecule has 2 aromatic rings. The van der Waals surface area contributed by atoms with Crippen LogP contribution in [0.4, 0.5) is 5.82 Å². The average Bonchev–Trinajstić information content (AvgIpc) is 2.67. The second-order valence-electron chi connectivity index (χ2n) is 4.76. The van der Waals surface area contributed by atoms with E-state index in [4.69, 9.17) is 10.8 Å². The number of nitrogen functional groups attached to an aromatic ring is 1. The second kappa shape index (κ2) is 6.09. The fourth-order valence-corrected chi connectivity index (χ4v) is 4.43. The number of aryl methyl sites for hydroxylation is 1. The molecule has 0 atom stereocenters. The number of hydrazine groups is 1. The van der Waals surface area contributed by atoms with Crippen molar-refractivity contribution >= 4 is 49.0 Å². The molecule has 7 heteroatoms. The minimum absolute atomic E-state index is 0.745. The molecule has 0 saturated carbocycles. The summed E-state index contributed by atoms with van der Waals surface area (Å²) in [6.07, 6.45) is 5.62. The van der Waals surface area contributed by atoms with Gasteiger partial charge in [0.05, 0.1) is 8.66 Å². The highest BCUT2D eigenvalue weighted by molar-refractivity contribution is 9.13. The van der Waals surface area contributed by atoms with Gasteiger partial charge in [-0.3, -0.25) is 0 Å². The molecule has 0 aromatic carbocycles. The predicted molar refractivity (Wildman–Crippen MR) is 89.8 cm³/mol. The van der Waals surface area contributed by atoms with Gasteiger partial charge in [0.25, 0.3) is 0 Å². The molecule has 0 amide bonds. The lowest BCUT2D eigenvalue weighted by Gasteiger charge is -2.11. The number of halogens is 2. The Hall–Kier alpha value is -0.500. The number of nitrogens with zero attached hydrogens (tertiary/aromatic N) is 2. The number of fused-ring (bicyclic) bond motifs is 1. The Morgan fingerprint density at radius 3 is 2.65 bits per heavy atom. The summed E-state index contributed by atoms with van der Waals surface area (Å²) in [7, 11) is 0. The molecule has 0 aliphatic heterocycles. The minimum Gasteiger partial charge on any atom is -0.308 e. The van der Waals surface area contributed by atoms with Crippen LogP contribution in [-0.4, -0.2) is 9.97 Å². The van der Waals surface area contributed by atoms with Crippen LogP contribution < -0.4 is 11.3 Å². The molecule has 0 spiro atoms. The van der Waals surface area contributed by atoms with Crippen molar-refractivity contribution in [3.8, 4) is 10.7 Å². The van der Waals surface area contributed by atoms with Crippen LogP contribution in [0.1, 0.15) is 30.5 Å². The zero-order valence-electron chi connectivity index (χ0n) is 10.7. The Morgan fingerprint density at radius 2 is 1.95 bits per heavy atom. The van der Waals surface area contributed by atoms with Crippen LogP contribution in [0.5, 0.6) is 0 Å². The molecule has 3 N–H and O–H groups in total. The zero-order chi connectivity index (χ0) is 14.1. The van der Waals surface area contributed by atoms with E-state index in [1.54, 1.807) is 11.3 Å². The third-order valence-electron chi connectivity index (χ3n) is 3.44. The molecule has 0 unspecified atom stereocenters. The van der Waals surface area contributed by atoms with Crippen LogP contribution in [-0.2, 0) is 12.8 Å². The van der Waals surface area contributed by atoms with E-state index in [1.165, 1.54) is 24.8 Å². The monoisotopic (exact) mass is 416 g/mol. The van der Waals surface area contributed by atoms with Crippen molar-refractivity contribution < 1.29 is 0 Å². The summed E-state index contributed by atoms with van der Waals surface area (Å²) >= 11 is 8.63. The lowest BCUT2D eigenvalue weighted by Crippen LogP contribution is -2.14. The van der Waals surface area contributed by atoms with Crippen molar-refractivity contribution in [1.29, 1.82) is 0 Å². The third kappa shape index (κ3) is 2.77. The van der Waals surface area contributed by atoms with E-state index in [0.717, 1.165) is 43.3 Å². The molecule has 0 fully saturated rings. The van der Waals surface area contributed by atoms with Crippen LogP contribution in [0.3, 0.4) is 0 Å². The van der Waals surface area contributed by atoms with E-state index < -0.39 is 0 Å². The van der Waals surface area contributed by atoms with E-state index in [9.17, 15) is 0 Å². The van der Waals surface area contributed by atoms with Crippen molar-refractivity contribution in [3.05, 3.63) is 25.6 Å².